The molecule has 0 amide bonds. The number of benzene rings is 1. The largest absolute Gasteiger partial charge is 0.449 e. The number of aryl methyl sites for hydroxylation is 1. The summed E-state index contributed by atoms with van der Waals surface area (Å²) in [6.07, 6.45) is 0. The van der Waals surface area contributed by atoms with Gasteiger partial charge in [-0.15, -0.1) is 0 Å². The molecule has 0 aliphatic rings. The monoisotopic (exact) mass is 154 g/mol. The Morgan fingerprint density at radius 1 is 1.50 bits per heavy atom. The van der Waals surface area contributed by atoms with Crippen LogP contribution in [0.2, 0.25) is 5.02 Å². The first-order valence-corrected chi connectivity index (χ1v) is 3.47. The van der Waals surface area contributed by atoms with Gasteiger partial charge in [0.25, 0.3) is 0 Å². The summed E-state index contributed by atoms with van der Waals surface area (Å²) in [7, 11) is 0.0619. The Bertz CT molecular complexity index is 237. The Morgan fingerprint density at radius 3 is 2.70 bits per heavy atom. The SMILES string of the molecule is Cc1ccc(Cl)cc1BO. The summed E-state index contributed by atoms with van der Waals surface area (Å²) < 4.78 is 0. The zero-order valence-electron chi connectivity index (χ0n) is 5.76. The molecule has 10 heavy (non-hydrogen) atoms. The Labute approximate surface area is 65.9 Å². The maximum Gasteiger partial charge on any atom is 0.305 e. The molecular weight excluding hydrogens is 146 g/mol. The Hall–Kier alpha value is -0.465. The zero-order valence-corrected chi connectivity index (χ0v) is 6.52. The van der Waals surface area contributed by atoms with Crippen LogP contribution in [0, 0.1) is 6.92 Å². The highest BCUT2D eigenvalue weighted by Gasteiger charge is 1.97. The lowest BCUT2D eigenvalue weighted by molar-refractivity contribution is 0.615. The predicted octanol–water partition coefficient (Wildman–Crippen LogP) is 0.618. The first-order valence-electron chi connectivity index (χ1n) is 3.10. The third-order valence-electron chi connectivity index (χ3n) is 1.48. The molecule has 0 fully saturated rings. The minimum absolute atomic E-state index is 0.0619. The third-order valence-corrected chi connectivity index (χ3v) is 1.72. The van der Waals surface area contributed by atoms with Gasteiger partial charge in [-0.05, 0) is 24.5 Å². The molecular formula is C7H8BClO. The van der Waals surface area contributed by atoms with Crippen molar-refractivity contribution in [3.63, 3.8) is 0 Å². The minimum atomic E-state index is 0.0619. The number of hydrogen-bond acceptors (Lipinski definition) is 1. The van der Waals surface area contributed by atoms with Gasteiger partial charge in [-0.2, -0.15) is 0 Å². The first-order chi connectivity index (χ1) is 4.74. The second kappa shape index (κ2) is 3.08. The molecule has 0 bridgehead atoms. The van der Waals surface area contributed by atoms with Crippen molar-refractivity contribution in [1.82, 2.24) is 0 Å². The van der Waals surface area contributed by atoms with E-state index in [-0.39, 0.29) is 7.48 Å². The van der Waals surface area contributed by atoms with Gasteiger partial charge in [0.15, 0.2) is 0 Å². The minimum Gasteiger partial charge on any atom is -0.449 e. The van der Waals surface area contributed by atoms with E-state index >= 15 is 0 Å². The van der Waals surface area contributed by atoms with Crippen LogP contribution in [0.4, 0.5) is 0 Å². The normalized spacial score (nSPS) is 9.50. The van der Waals surface area contributed by atoms with E-state index in [0.29, 0.717) is 5.02 Å². The van der Waals surface area contributed by atoms with E-state index in [0.717, 1.165) is 11.0 Å². The van der Waals surface area contributed by atoms with E-state index < -0.39 is 0 Å². The lowest BCUT2D eigenvalue weighted by Crippen LogP contribution is -2.16. The van der Waals surface area contributed by atoms with Crippen molar-refractivity contribution in [2.24, 2.45) is 0 Å². The molecule has 0 saturated heterocycles. The fraction of sp³-hybridized carbons (Fsp3) is 0.143. The maximum atomic E-state index is 8.78. The summed E-state index contributed by atoms with van der Waals surface area (Å²) in [6, 6.07) is 5.49. The van der Waals surface area contributed by atoms with E-state index in [1.807, 2.05) is 19.1 Å². The molecule has 0 spiro atoms. The highest BCUT2D eigenvalue weighted by molar-refractivity contribution is 6.47. The summed E-state index contributed by atoms with van der Waals surface area (Å²) >= 11 is 5.68. The van der Waals surface area contributed by atoms with Gasteiger partial charge in [0, 0.05) is 5.02 Å². The molecule has 0 atom stereocenters. The third kappa shape index (κ3) is 1.52. The molecule has 1 rings (SSSR count). The van der Waals surface area contributed by atoms with Crippen LogP contribution in [0.3, 0.4) is 0 Å². The highest BCUT2D eigenvalue weighted by Crippen LogP contribution is 2.05. The summed E-state index contributed by atoms with van der Waals surface area (Å²) in [4.78, 5) is 0. The Kier molecular flexibility index (Phi) is 2.36. The average Bonchev–Trinajstić information content (AvgIpc) is 1.94. The maximum absolute atomic E-state index is 8.78. The van der Waals surface area contributed by atoms with Gasteiger partial charge >= 0.3 is 7.48 Å². The fourth-order valence-electron chi connectivity index (χ4n) is 0.810. The van der Waals surface area contributed by atoms with Gasteiger partial charge in [-0.1, -0.05) is 23.2 Å². The Morgan fingerprint density at radius 2 is 2.20 bits per heavy atom. The lowest BCUT2D eigenvalue weighted by atomic mass is 9.85. The van der Waals surface area contributed by atoms with Crippen molar-refractivity contribution in [1.29, 1.82) is 0 Å². The fourth-order valence-corrected chi connectivity index (χ4v) is 1.01. The summed E-state index contributed by atoms with van der Waals surface area (Å²) in [5.41, 5.74) is 1.97. The summed E-state index contributed by atoms with van der Waals surface area (Å²) in [5.74, 6) is 0. The van der Waals surface area contributed by atoms with Crippen LogP contribution in [-0.2, 0) is 0 Å². The van der Waals surface area contributed by atoms with E-state index in [2.05, 4.69) is 0 Å². The second-order valence-electron chi connectivity index (χ2n) is 2.23. The smallest absolute Gasteiger partial charge is 0.305 e. The van der Waals surface area contributed by atoms with Crippen molar-refractivity contribution >= 4 is 24.5 Å². The molecule has 0 saturated carbocycles. The van der Waals surface area contributed by atoms with Crippen LogP contribution in [0.5, 0.6) is 0 Å². The molecule has 0 unspecified atom stereocenters. The predicted molar refractivity (Wildman–Crippen MR) is 45.2 cm³/mol. The van der Waals surface area contributed by atoms with Crippen molar-refractivity contribution in [3.05, 3.63) is 28.8 Å². The van der Waals surface area contributed by atoms with Gasteiger partial charge < -0.3 is 5.02 Å². The Balaban J connectivity index is 3.09. The van der Waals surface area contributed by atoms with Crippen molar-refractivity contribution < 1.29 is 5.02 Å². The number of rotatable bonds is 1. The second-order valence-corrected chi connectivity index (χ2v) is 2.67. The molecule has 1 aromatic carbocycles. The van der Waals surface area contributed by atoms with Gasteiger partial charge in [0.1, 0.15) is 0 Å². The van der Waals surface area contributed by atoms with Gasteiger partial charge in [-0.3, -0.25) is 0 Å². The molecule has 0 aliphatic heterocycles. The van der Waals surface area contributed by atoms with Crippen LogP contribution >= 0.6 is 11.6 Å². The first kappa shape index (κ1) is 7.64. The molecule has 0 radical (unpaired) electrons. The van der Waals surface area contributed by atoms with E-state index in [4.69, 9.17) is 16.6 Å². The highest BCUT2D eigenvalue weighted by atomic mass is 35.5. The molecule has 52 valence electrons. The molecule has 1 N–H and O–H groups in total. The van der Waals surface area contributed by atoms with Crippen molar-refractivity contribution in [3.8, 4) is 0 Å². The molecule has 3 heteroatoms. The molecule has 1 aromatic rings. The van der Waals surface area contributed by atoms with Crippen molar-refractivity contribution in [2.75, 3.05) is 0 Å². The van der Waals surface area contributed by atoms with Crippen LogP contribution in [0.15, 0.2) is 18.2 Å². The molecule has 1 nitrogen and oxygen atoms in total. The van der Waals surface area contributed by atoms with Crippen LogP contribution < -0.4 is 5.46 Å². The van der Waals surface area contributed by atoms with Gasteiger partial charge in [-0.25, -0.2) is 0 Å². The van der Waals surface area contributed by atoms with Crippen LogP contribution in [-0.4, -0.2) is 12.5 Å². The summed E-state index contributed by atoms with van der Waals surface area (Å²) in [5, 5.41) is 9.46. The van der Waals surface area contributed by atoms with Crippen LogP contribution in [0.25, 0.3) is 0 Å². The van der Waals surface area contributed by atoms with E-state index in [9.17, 15) is 0 Å². The standard InChI is InChI=1S/C7H8BClO/c1-5-2-3-6(9)4-7(5)8-10/h2-4,8,10H,1H3. The zero-order chi connectivity index (χ0) is 7.56. The number of halogens is 1. The molecule has 0 aromatic heterocycles. The number of hydrogen-bond donors (Lipinski definition) is 1. The van der Waals surface area contributed by atoms with Crippen LogP contribution in [0.1, 0.15) is 5.56 Å². The quantitative estimate of drug-likeness (QED) is 0.588. The van der Waals surface area contributed by atoms with E-state index in [1.165, 1.54) is 0 Å². The van der Waals surface area contributed by atoms with Crippen molar-refractivity contribution in [2.45, 2.75) is 6.92 Å². The lowest BCUT2D eigenvalue weighted by Gasteiger charge is -1.99. The van der Waals surface area contributed by atoms with Gasteiger partial charge in [0.2, 0.25) is 0 Å². The van der Waals surface area contributed by atoms with E-state index in [1.54, 1.807) is 6.07 Å². The van der Waals surface area contributed by atoms with Gasteiger partial charge in [0.05, 0.1) is 0 Å². The summed E-state index contributed by atoms with van der Waals surface area (Å²) in [6.45, 7) is 1.95. The topological polar surface area (TPSA) is 20.2 Å². The average molecular weight is 154 g/mol. The molecule has 0 aliphatic carbocycles. The molecule has 0 heterocycles.